The van der Waals surface area contributed by atoms with E-state index < -0.39 is 0 Å². The van der Waals surface area contributed by atoms with Crippen molar-refractivity contribution >= 4 is 0 Å². The normalized spacial score (nSPS) is 10.8. The molecular weight excluding hydrogens is 492 g/mol. The fourth-order valence-corrected chi connectivity index (χ4v) is 4.77. The standard InChI is InChI=1S/C36H28N2O2/c1-39-34-22-21-31(23-35(34)40-2)33-24-32(37-36(38-33)30-11-7-4-8-12-30)29-19-17-28(18-20-29)27-15-13-26(14-16-27)25-9-5-3-6-10-25/h3-24H,1-2H3. The molecule has 194 valence electrons. The molecule has 0 atom stereocenters. The summed E-state index contributed by atoms with van der Waals surface area (Å²) in [7, 11) is 3.27. The highest BCUT2D eigenvalue weighted by Crippen LogP contribution is 2.34. The minimum atomic E-state index is 0.657. The molecule has 0 aliphatic carbocycles. The lowest BCUT2D eigenvalue weighted by atomic mass is 9.99. The number of aromatic nitrogens is 2. The van der Waals surface area contributed by atoms with Crippen LogP contribution in [0.25, 0.3) is 56.2 Å². The van der Waals surface area contributed by atoms with Gasteiger partial charge in [-0.2, -0.15) is 0 Å². The highest BCUT2D eigenvalue weighted by atomic mass is 16.5. The average molecular weight is 521 g/mol. The number of methoxy groups -OCH3 is 2. The van der Waals surface area contributed by atoms with E-state index in [2.05, 4.69) is 72.8 Å². The van der Waals surface area contributed by atoms with Gasteiger partial charge in [0.05, 0.1) is 25.6 Å². The molecule has 1 aromatic heterocycles. The fourth-order valence-electron chi connectivity index (χ4n) is 4.77. The quantitative estimate of drug-likeness (QED) is 0.211. The van der Waals surface area contributed by atoms with E-state index in [9.17, 15) is 0 Å². The summed E-state index contributed by atoms with van der Waals surface area (Å²) in [5.41, 5.74) is 9.31. The van der Waals surface area contributed by atoms with Gasteiger partial charge in [0.25, 0.3) is 0 Å². The summed E-state index contributed by atoms with van der Waals surface area (Å²) in [5.74, 6) is 2.00. The van der Waals surface area contributed by atoms with Crippen molar-refractivity contribution in [3.8, 4) is 67.7 Å². The van der Waals surface area contributed by atoms with Crippen LogP contribution in [0, 0.1) is 0 Å². The van der Waals surface area contributed by atoms with Gasteiger partial charge in [-0.05, 0) is 46.5 Å². The number of ether oxygens (including phenoxy) is 2. The lowest BCUT2D eigenvalue weighted by molar-refractivity contribution is 0.355. The first-order valence-electron chi connectivity index (χ1n) is 13.1. The summed E-state index contributed by atoms with van der Waals surface area (Å²) in [6.45, 7) is 0. The van der Waals surface area contributed by atoms with E-state index in [1.165, 1.54) is 16.7 Å². The lowest BCUT2D eigenvalue weighted by Crippen LogP contribution is -1.97. The molecule has 4 heteroatoms. The van der Waals surface area contributed by atoms with Crippen molar-refractivity contribution < 1.29 is 9.47 Å². The van der Waals surface area contributed by atoms with Crippen LogP contribution >= 0.6 is 0 Å². The summed E-state index contributed by atoms with van der Waals surface area (Å²) in [4.78, 5) is 9.88. The maximum atomic E-state index is 5.55. The van der Waals surface area contributed by atoms with Crippen molar-refractivity contribution in [3.05, 3.63) is 133 Å². The Morgan fingerprint density at radius 2 is 0.800 bits per heavy atom. The molecule has 1 heterocycles. The van der Waals surface area contributed by atoms with Crippen LogP contribution < -0.4 is 9.47 Å². The second kappa shape index (κ2) is 11.3. The molecule has 0 aliphatic rings. The topological polar surface area (TPSA) is 44.2 Å². The maximum Gasteiger partial charge on any atom is 0.161 e. The Balaban J connectivity index is 1.36. The predicted octanol–water partition coefficient (Wildman–Crippen LogP) is 8.83. The summed E-state index contributed by atoms with van der Waals surface area (Å²) in [5, 5.41) is 0. The summed E-state index contributed by atoms with van der Waals surface area (Å²) < 4.78 is 11.0. The molecule has 0 bridgehead atoms. The average Bonchev–Trinajstić information content (AvgIpc) is 3.05. The van der Waals surface area contributed by atoms with Gasteiger partial charge in [0, 0.05) is 16.7 Å². The van der Waals surface area contributed by atoms with E-state index in [1.54, 1.807) is 14.2 Å². The Morgan fingerprint density at radius 1 is 0.375 bits per heavy atom. The highest BCUT2D eigenvalue weighted by Gasteiger charge is 2.13. The molecule has 0 spiro atoms. The minimum Gasteiger partial charge on any atom is -0.493 e. The molecule has 6 aromatic rings. The first kappa shape index (κ1) is 25.1. The monoisotopic (exact) mass is 520 g/mol. The largest absolute Gasteiger partial charge is 0.493 e. The van der Waals surface area contributed by atoms with Crippen LogP contribution in [-0.2, 0) is 0 Å². The zero-order chi connectivity index (χ0) is 27.3. The van der Waals surface area contributed by atoms with Crippen molar-refractivity contribution in [2.24, 2.45) is 0 Å². The Hall–Kier alpha value is -5.22. The molecule has 0 saturated heterocycles. The van der Waals surface area contributed by atoms with Gasteiger partial charge < -0.3 is 9.47 Å². The number of hydrogen-bond donors (Lipinski definition) is 0. The van der Waals surface area contributed by atoms with Crippen LogP contribution in [0.15, 0.2) is 133 Å². The third-order valence-electron chi connectivity index (χ3n) is 6.94. The Labute approximate surface area is 234 Å². The van der Waals surface area contributed by atoms with E-state index in [4.69, 9.17) is 19.4 Å². The first-order chi connectivity index (χ1) is 19.7. The molecule has 0 N–H and O–H groups in total. The molecule has 0 fully saturated rings. The van der Waals surface area contributed by atoms with Crippen LogP contribution in [0.2, 0.25) is 0 Å². The number of benzene rings is 5. The molecule has 0 aliphatic heterocycles. The third-order valence-corrected chi connectivity index (χ3v) is 6.94. The number of nitrogens with zero attached hydrogens (tertiary/aromatic N) is 2. The van der Waals surface area contributed by atoms with Gasteiger partial charge in [-0.3, -0.25) is 0 Å². The molecule has 0 unspecified atom stereocenters. The van der Waals surface area contributed by atoms with Gasteiger partial charge in [0.15, 0.2) is 17.3 Å². The lowest BCUT2D eigenvalue weighted by Gasteiger charge is -2.12. The van der Waals surface area contributed by atoms with Crippen molar-refractivity contribution in [1.82, 2.24) is 9.97 Å². The van der Waals surface area contributed by atoms with Crippen molar-refractivity contribution in [2.75, 3.05) is 14.2 Å². The van der Waals surface area contributed by atoms with Gasteiger partial charge in [0.2, 0.25) is 0 Å². The van der Waals surface area contributed by atoms with Gasteiger partial charge in [-0.25, -0.2) is 9.97 Å². The maximum absolute atomic E-state index is 5.55. The van der Waals surface area contributed by atoms with E-state index in [-0.39, 0.29) is 0 Å². The molecule has 5 aromatic carbocycles. The fraction of sp³-hybridized carbons (Fsp3) is 0.0556. The molecular formula is C36H28N2O2. The SMILES string of the molecule is COc1ccc(-c2cc(-c3ccc(-c4ccc(-c5ccccc5)cc4)cc3)nc(-c3ccccc3)n2)cc1OC. The Morgan fingerprint density at radius 3 is 1.32 bits per heavy atom. The Bertz CT molecular complexity index is 1730. The minimum absolute atomic E-state index is 0.657. The van der Waals surface area contributed by atoms with Crippen LogP contribution in [0.5, 0.6) is 11.5 Å². The second-order valence-corrected chi connectivity index (χ2v) is 9.42. The molecule has 0 saturated carbocycles. The van der Waals surface area contributed by atoms with Gasteiger partial charge >= 0.3 is 0 Å². The first-order valence-corrected chi connectivity index (χ1v) is 13.1. The summed E-state index contributed by atoms with van der Waals surface area (Å²) >= 11 is 0. The van der Waals surface area contributed by atoms with Crippen LogP contribution in [0.1, 0.15) is 0 Å². The summed E-state index contributed by atoms with van der Waals surface area (Å²) in [6.07, 6.45) is 0. The third kappa shape index (κ3) is 5.20. The van der Waals surface area contributed by atoms with E-state index in [1.807, 2.05) is 60.7 Å². The molecule has 0 amide bonds. The van der Waals surface area contributed by atoms with Crippen molar-refractivity contribution in [3.63, 3.8) is 0 Å². The van der Waals surface area contributed by atoms with Gasteiger partial charge in [0.1, 0.15) is 0 Å². The summed E-state index contributed by atoms with van der Waals surface area (Å²) in [6, 6.07) is 45.6. The van der Waals surface area contributed by atoms with E-state index in [0.29, 0.717) is 17.3 Å². The number of rotatable bonds is 7. The Kier molecular flexibility index (Phi) is 7.06. The highest BCUT2D eigenvalue weighted by molar-refractivity contribution is 5.76. The van der Waals surface area contributed by atoms with Crippen LogP contribution in [0.3, 0.4) is 0 Å². The molecule has 40 heavy (non-hydrogen) atoms. The smallest absolute Gasteiger partial charge is 0.161 e. The molecule has 4 nitrogen and oxygen atoms in total. The van der Waals surface area contributed by atoms with Crippen molar-refractivity contribution in [2.45, 2.75) is 0 Å². The second-order valence-electron chi connectivity index (χ2n) is 9.42. The molecule has 6 rings (SSSR count). The van der Waals surface area contributed by atoms with Crippen LogP contribution in [-0.4, -0.2) is 24.2 Å². The van der Waals surface area contributed by atoms with Gasteiger partial charge in [-0.1, -0.05) is 109 Å². The predicted molar refractivity (Wildman–Crippen MR) is 162 cm³/mol. The number of hydrogen-bond acceptors (Lipinski definition) is 4. The zero-order valence-electron chi connectivity index (χ0n) is 22.4. The zero-order valence-corrected chi connectivity index (χ0v) is 22.4. The van der Waals surface area contributed by atoms with Gasteiger partial charge in [-0.15, -0.1) is 0 Å². The van der Waals surface area contributed by atoms with Crippen LogP contribution in [0.4, 0.5) is 0 Å². The van der Waals surface area contributed by atoms with E-state index in [0.717, 1.165) is 33.6 Å². The molecule has 0 radical (unpaired) electrons. The van der Waals surface area contributed by atoms with E-state index >= 15 is 0 Å². The van der Waals surface area contributed by atoms with Crippen molar-refractivity contribution in [1.29, 1.82) is 0 Å².